The second-order valence-electron chi connectivity index (χ2n) is 14.1. The first kappa shape index (κ1) is 28.7. The molecule has 11 atom stereocenters. The Morgan fingerprint density at radius 1 is 1.05 bits per heavy atom. The van der Waals surface area contributed by atoms with Crippen molar-refractivity contribution in [2.45, 2.75) is 111 Å². The van der Waals surface area contributed by atoms with Gasteiger partial charge < -0.3 is 25.5 Å². The summed E-state index contributed by atoms with van der Waals surface area (Å²) in [5, 5.41) is 54.2. The maximum atomic E-state index is 12.6. The van der Waals surface area contributed by atoms with Crippen molar-refractivity contribution in [2.75, 3.05) is 6.61 Å². The van der Waals surface area contributed by atoms with Gasteiger partial charge in [-0.2, -0.15) is 0 Å². The number of ketones is 1. The van der Waals surface area contributed by atoms with Gasteiger partial charge in [-0.3, -0.25) is 9.59 Å². The van der Waals surface area contributed by atoms with Crippen LogP contribution in [0.3, 0.4) is 0 Å². The third-order valence-corrected chi connectivity index (χ3v) is 12.5. The number of aliphatic carboxylic acids is 1. The number of hydrogen-bond acceptors (Lipinski definition) is 6. The Kier molecular flexibility index (Phi) is 7.10. The zero-order valence-corrected chi connectivity index (χ0v) is 23.5. The summed E-state index contributed by atoms with van der Waals surface area (Å²) < 4.78 is 0. The quantitative estimate of drug-likeness (QED) is 0.337. The number of aliphatic hydroxyl groups is 4. The van der Waals surface area contributed by atoms with Crippen LogP contribution in [-0.2, 0) is 9.59 Å². The average molecular weight is 521 g/mol. The predicted molar refractivity (Wildman–Crippen MR) is 139 cm³/mol. The highest BCUT2D eigenvalue weighted by atomic mass is 16.4. The number of hydrogen-bond donors (Lipinski definition) is 5. The number of carbonyl (C=O) groups is 2. The van der Waals surface area contributed by atoms with Crippen LogP contribution in [0.2, 0.25) is 0 Å². The van der Waals surface area contributed by atoms with Crippen molar-refractivity contribution in [1.29, 1.82) is 0 Å². The molecule has 0 unspecified atom stereocenters. The number of fused-ring (bicyclic) bond motifs is 5. The molecule has 3 saturated carbocycles. The fourth-order valence-corrected chi connectivity index (χ4v) is 9.61. The first-order valence-electron chi connectivity index (χ1n) is 14.1. The van der Waals surface area contributed by atoms with Crippen LogP contribution >= 0.6 is 0 Å². The molecule has 0 amide bonds. The second kappa shape index (κ2) is 9.14. The van der Waals surface area contributed by atoms with E-state index in [0.717, 1.165) is 18.4 Å². The van der Waals surface area contributed by atoms with E-state index in [-0.39, 0.29) is 35.6 Å². The Morgan fingerprint density at radius 2 is 1.70 bits per heavy atom. The molecule has 210 valence electrons. The number of carbonyl (C=O) groups excluding carboxylic acids is 1. The van der Waals surface area contributed by atoms with E-state index < -0.39 is 45.9 Å². The highest BCUT2D eigenvalue weighted by molar-refractivity contribution is 5.79. The summed E-state index contributed by atoms with van der Waals surface area (Å²) in [5.74, 6) is -1.00. The van der Waals surface area contributed by atoms with Crippen molar-refractivity contribution in [3.63, 3.8) is 0 Å². The minimum atomic E-state index is -1.09. The van der Waals surface area contributed by atoms with E-state index in [0.29, 0.717) is 38.5 Å². The molecule has 0 aliphatic heterocycles. The molecule has 3 fully saturated rings. The maximum Gasteiger partial charge on any atom is 0.313 e. The Balaban J connectivity index is 1.75. The smallest absolute Gasteiger partial charge is 0.313 e. The molecule has 0 heterocycles. The standard InChI is InChI=1S/C30H48O7/c1-17(18(2)32)7-10-30(25(36)37)12-11-28(5)19(14-30)20(33)13-23-26(3)15-21(34)24(35)27(4,16-31)22(26)8-9-29(23,28)6/h14,17,20-24,31,33-35H,7-13,15-16H2,1-6H3,(H,36,37)/t17-,20+,21+,22-,23-,24-,26-,27-,28+,29+,30-/m0/s1. The summed E-state index contributed by atoms with van der Waals surface area (Å²) in [6.07, 6.45) is 3.59. The lowest BCUT2D eigenvalue weighted by Crippen LogP contribution is -2.68. The van der Waals surface area contributed by atoms with E-state index in [2.05, 4.69) is 20.8 Å². The minimum absolute atomic E-state index is 0.00225. The van der Waals surface area contributed by atoms with Gasteiger partial charge in [0.1, 0.15) is 5.78 Å². The number of aliphatic hydroxyl groups excluding tert-OH is 4. The third-order valence-electron chi connectivity index (χ3n) is 12.5. The minimum Gasteiger partial charge on any atom is -0.481 e. The Bertz CT molecular complexity index is 977. The van der Waals surface area contributed by atoms with E-state index >= 15 is 0 Å². The van der Waals surface area contributed by atoms with E-state index in [4.69, 9.17) is 0 Å². The lowest BCUT2D eigenvalue weighted by Gasteiger charge is -2.71. The van der Waals surface area contributed by atoms with Crippen molar-refractivity contribution < 1.29 is 35.1 Å². The zero-order chi connectivity index (χ0) is 27.8. The monoisotopic (exact) mass is 520 g/mol. The molecular weight excluding hydrogens is 472 g/mol. The number of rotatable bonds is 6. The molecule has 0 aromatic carbocycles. The summed E-state index contributed by atoms with van der Waals surface area (Å²) in [6, 6.07) is 0. The first-order valence-corrected chi connectivity index (χ1v) is 14.1. The van der Waals surface area contributed by atoms with Gasteiger partial charge in [0.2, 0.25) is 0 Å². The van der Waals surface area contributed by atoms with E-state index in [1.54, 1.807) is 6.92 Å². The van der Waals surface area contributed by atoms with Gasteiger partial charge in [-0.05, 0) is 91.9 Å². The van der Waals surface area contributed by atoms with Crippen LogP contribution in [-0.4, -0.2) is 62.2 Å². The molecule has 0 radical (unpaired) electrons. The van der Waals surface area contributed by atoms with Crippen LogP contribution < -0.4 is 0 Å². The SMILES string of the molecule is CC(=O)[C@@H](C)CC[C@@]1(C(=O)O)C=C2[C@H](O)C[C@H]3[C@@]4(C)C[C@@H](O)[C@H](O)[C@@](C)(CO)[C@H]4CC[C@@]3(C)[C@]2(C)CC1. The molecule has 7 nitrogen and oxygen atoms in total. The summed E-state index contributed by atoms with van der Waals surface area (Å²) in [7, 11) is 0. The molecular formula is C30H48O7. The van der Waals surface area contributed by atoms with Gasteiger partial charge in [0.05, 0.1) is 30.3 Å². The van der Waals surface area contributed by atoms with Crippen LogP contribution in [0.1, 0.15) is 92.9 Å². The Morgan fingerprint density at radius 3 is 2.27 bits per heavy atom. The van der Waals surface area contributed by atoms with E-state index in [1.807, 2.05) is 19.9 Å². The maximum absolute atomic E-state index is 12.6. The van der Waals surface area contributed by atoms with Gasteiger partial charge in [-0.15, -0.1) is 0 Å². The van der Waals surface area contributed by atoms with E-state index in [1.165, 1.54) is 0 Å². The van der Waals surface area contributed by atoms with Gasteiger partial charge in [0.25, 0.3) is 0 Å². The predicted octanol–water partition coefficient (Wildman–Crippen LogP) is 3.72. The summed E-state index contributed by atoms with van der Waals surface area (Å²) in [5.41, 5.74) is -2.14. The van der Waals surface area contributed by atoms with Gasteiger partial charge in [0, 0.05) is 11.3 Å². The molecule has 37 heavy (non-hydrogen) atoms. The molecule has 4 aliphatic rings. The second-order valence-corrected chi connectivity index (χ2v) is 14.1. The molecule has 0 spiro atoms. The van der Waals surface area contributed by atoms with Crippen molar-refractivity contribution in [3.05, 3.63) is 11.6 Å². The lowest BCUT2D eigenvalue weighted by molar-refractivity contribution is -0.250. The highest BCUT2D eigenvalue weighted by Gasteiger charge is 2.70. The topological polar surface area (TPSA) is 135 Å². The van der Waals surface area contributed by atoms with Gasteiger partial charge in [-0.25, -0.2) is 0 Å². The third kappa shape index (κ3) is 3.89. The lowest BCUT2D eigenvalue weighted by atomic mass is 9.34. The zero-order valence-electron chi connectivity index (χ0n) is 23.5. The Hall–Kier alpha value is -1.28. The van der Waals surface area contributed by atoms with E-state index in [9.17, 15) is 35.1 Å². The van der Waals surface area contributed by atoms with Crippen LogP contribution in [0.15, 0.2) is 11.6 Å². The molecule has 4 aliphatic carbocycles. The first-order chi connectivity index (χ1) is 17.0. The van der Waals surface area contributed by atoms with Gasteiger partial charge in [0.15, 0.2) is 0 Å². The fourth-order valence-electron chi connectivity index (χ4n) is 9.61. The largest absolute Gasteiger partial charge is 0.481 e. The van der Waals surface area contributed by atoms with Crippen molar-refractivity contribution in [1.82, 2.24) is 0 Å². The van der Waals surface area contributed by atoms with Gasteiger partial charge in [-0.1, -0.05) is 40.7 Å². The van der Waals surface area contributed by atoms with Crippen LogP contribution in [0, 0.1) is 44.8 Å². The highest BCUT2D eigenvalue weighted by Crippen LogP contribution is 2.74. The summed E-state index contributed by atoms with van der Waals surface area (Å²) in [4.78, 5) is 24.5. The molecule has 7 heteroatoms. The van der Waals surface area contributed by atoms with Gasteiger partial charge >= 0.3 is 5.97 Å². The van der Waals surface area contributed by atoms with Crippen LogP contribution in [0.4, 0.5) is 0 Å². The summed E-state index contributed by atoms with van der Waals surface area (Å²) >= 11 is 0. The van der Waals surface area contributed by atoms with Crippen molar-refractivity contribution >= 4 is 11.8 Å². The number of carboxylic acid groups (broad SMARTS) is 1. The molecule has 0 aromatic rings. The molecule has 0 bridgehead atoms. The van der Waals surface area contributed by atoms with Crippen LogP contribution in [0.5, 0.6) is 0 Å². The van der Waals surface area contributed by atoms with Crippen molar-refractivity contribution in [3.8, 4) is 0 Å². The molecule has 5 N–H and O–H groups in total. The normalized spacial score (nSPS) is 50.2. The molecule has 4 rings (SSSR count). The number of carboxylic acids is 1. The summed E-state index contributed by atoms with van der Waals surface area (Å²) in [6.45, 7) is 11.7. The van der Waals surface area contributed by atoms with Crippen LogP contribution in [0.25, 0.3) is 0 Å². The molecule has 0 aromatic heterocycles. The number of Topliss-reactive ketones (excluding diaryl/α,β-unsaturated/α-hetero) is 1. The molecule has 0 saturated heterocycles. The Labute approximate surface area is 221 Å². The average Bonchev–Trinajstić information content (AvgIpc) is 2.83. The fraction of sp³-hybridized carbons (Fsp3) is 0.867. The van der Waals surface area contributed by atoms with Crippen molar-refractivity contribution in [2.24, 2.45) is 44.8 Å².